The largest absolute Gasteiger partial charge is 0.481 e. The van der Waals surface area contributed by atoms with Crippen molar-refractivity contribution in [2.24, 2.45) is 5.92 Å². The minimum Gasteiger partial charge on any atom is -0.481 e. The lowest BCUT2D eigenvalue weighted by Gasteiger charge is -2.44. The van der Waals surface area contributed by atoms with Crippen LogP contribution in [-0.2, 0) is 9.59 Å². The van der Waals surface area contributed by atoms with Gasteiger partial charge in [-0.2, -0.15) is 0 Å². The molecule has 1 rings (SSSR count). The smallest absolute Gasteiger partial charge is 0.303 e. The van der Waals surface area contributed by atoms with Gasteiger partial charge in [0.25, 0.3) is 0 Å². The first-order valence-electron chi connectivity index (χ1n) is 6.49. The number of carboxylic acids is 1. The van der Waals surface area contributed by atoms with Gasteiger partial charge in [0.15, 0.2) is 0 Å². The van der Waals surface area contributed by atoms with E-state index in [4.69, 9.17) is 5.11 Å². The number of piperazine rings is 1. The van der Waals surface area contributed by atoms with Gasteiger partial charge in [-0.25, -0.2) is 0 Å². The molecule has 0 aromatic carbocycles. The third-order valence-corrected chi connectivity index (χ3v) is 3.03. The SMILES string of the molecule is CC(C)CN1CC(C)(C)NC(=O)C1CCC(=O)O. The van der Waals surface area contributed by atoms with Gasteiger partial charge in [0.2, 0.25) is 5.91 Å². The molecule has 5 heteroatoms. The molecule has 5 nitrogen and oxygen atoms in total. The fourth-order valence-corrected chi connectivity index (χ4v) is 2.47. The third kappa shape index (κ3) is 4.29. The zero-order valence-corrected chi connectivity index (χ0v) is 11.7. The van der Waals surface area contributed by atoms with E-state index in [1.807, 2.05) is 13.8 Å². The summed E-state index contributed by atoms with van der Waals surface area (Å²) in [4.78, 5) is 24.8. The highest BCUT2D eigenvalue weighted by molar-refractivity contribution is 5.84. The molecule has 0 aromatic heterocycles. The quantitative estimate of drug-likeness (QED) is 0.772. The van der Waals surface area contributed by atoms with E-state index in [0.29, 0.717) is 12.3 Å². The van der Waals surface area contributed by atoms with Gasteiger partial charge in [-0.15, -0.1) is 0 Å². The first kappa shape index (κ1) is 15.0. The maximum absolute atomic E-state index is 12.1. The molecule has 0 aromatic rings. The molecule has 1 fully saturated rings. The number of carbonyl (C=O) groups excluding carboxylic acids is 1. The summed E-state index contributed by atoms with van der Waals surface area (Å²) in [5.74, 6) is -0.440. The van der Waals surface area contributed by atoms with Gasteiger partial charge in [0, 0.05) is 25.0 Å². The fourth-order valence-electron chi connectivity index (χ4n) is 2.47. The van der Waals surface area contributed by atoms with Crippen molar-refractivity contribution in [2.75, 3.05) is 13.1 Å². The standard InChI is InChI=1S/C13H24N2O3/c1-9(2)7-15-8-13(3,4)14-12(18)10(15)5-6-11(16)17/h9-10H,5-8H2,1-4H3,(H,14,18)(H,16,17). The molecule has 0 aliphatic carbocycles. The van der Waals surface area contributed by atoms with Crippen LogP contribution < -0.4 is 5.32 Å². The van der Waals surface area contributed by atoms with Crippen molar-refractivity contribution in [3.63, 3.8) is 0 Å². The number of hydrogen-bond acceptors (Lipinski definition) is 3. The summed E-state index contributed by atoms with van der Waals surface area (Å²) in [6, 6.07) is -0.309. The Morgan fingerprint density at radius 2 is 2.17 bits per heavy atom. The van der Waals surface area contributed by atoms with Crippen LogP contribution in [-0.4, -0.2) is 46.6 Å². The molecule has 1 heterocycles. The second-order valence-electron chi connectivity index (χ2n) is 6.14. The highest BCUT2D eigenvalue weighted by Gasteiger charge is 2.38. The number of nitrogens with zero attached hydrogens (tertiary/aromatic N) is 1. The number of nitrogens with one attached hydrogen (secondary N) is 1. The minimum absolute atomic E-state index is 0.0348. The van der Waals surface area contributed by atoms with Gasteiger partial charge < -0.3 is 10.4 Å². The Bertz CT molecular complexity index is 326. The maximum atomic E-state index is 12.1. The lowest BCUT2D eigenvalue weighted by atomic mass is 9.95. The van der Waals surface area contributed by atoms with Crippen LogP contribution in [0.3, 0.4) is 0 Å². The van der Waals surface area contributed by atoms with Gasteiger partial charge >= 0.3 is 5.97 Å². The van der Waals surface area contributed by atoms with Crippen LogP contribution in [0.2, 0.25) is 0 Å². The van der Waals surface area contributed by atoms with Crippen LogP contribution in [0.4, 0.5) is 0 Å². The summed E-state index contributed by atoms with van der Waals surface area (Å²) >= 11 is 0. The van der Waals surface area contributed by atoms with Gasteiger partial charge in [-0.1, -0.05) is 13.8 Å². The highest BCUT2D eigenvalue weighted by atomic mass is 16.4. The summed E-state index contributed by atoms with van der Waals surface area (Å²) < 4.78 is 0. The van der Waals surface area contributed by atoms with Crippen LogP contribution in [0.25, 0.3) is 0 Å². The van der Waals surface area contributed by atoms with Crippen LogP contribution in [0.15, 0.2) is 0 Å². The Balaban J connectivity index is 2.75. The van der Waals surface area contributed by atoms with E-state index in [0.717, 1.165) is 13.1 Å². The van der Waals surface area contributed by atoms with Crippen molar-refractivity contribution < 1.29 is 14.7 Å². The van der Waals surface area contributed by atoms with E-state index in [9.17, 15) is 9.59 Å². The predicted molar refractivity (Wildman–Crippen MR) is 69.3 cm³/mol. The second-order valence-corrected chi connectivity index (χ2v) is 6.14. The number of carbonyl (C=O) groups is 2. The molecular weight excluding hydrogens is 232 g/mol. The molecular formula is C13H24N2O3. The van der Waals surface area contributed by atoms with Crippen molar-refractivity contribution in [1.29, 1.82) is 0 Å². The monoisotopic (exact) mass is 256 g/mol. The predicted octanol–water partition coefficient (Wildman–Crippen LogP) is 1.09. The van der Waals surface area contributed by atoms with Crippen molar-refractivity contribution in [2.45, 2.75) is 52.1 Å². The number of rotatable bonds is 5. The van der Waals surface area contributed by atoms with E-state index in [1.165, 1.54) is 0 Å². The molecule has 1 unspecified atom stereocenters. The summed E-state index contributed by atoms with van der Waals surface area (Å²) in [6.07, 6.45) is 0.414. The zero-order chi connectivity index (χ0) is 13.9. The van der Waals surface area contributed by atoms with E-state index in [2.05, 4.69) is 24.1 Å². The average molecular weight is 256 g/mol. The summed E-state index contributed by atoms with van der Waals surface area (Å²) in [5.41, 5.74) is -0.244. The Morgan fingerprint density at radius 3 is 2.67 bits per heavy atom. The number of carboxylic acid groups (broad SMARTS) is 1. The summed E-state index contributed by atoms with van der Waals surface area (Å²) in [5, 5.41) is 11.7. The van der Waals surface area contributed by atoms with Crippen LogP contribution in [0.1, 0.15) is 40.5 Å². The van der Waals surface area contributed by atoms with Crippen molar-refractivity contribution in [3.05, 3.63) is 0 Å². The van der Waals surface area contributed by atoms with Crippen LogP contribution in [0.5, 0.6) is 0 Å². The lowest BCUT2D eigenvalue weighted by molar-refractivity contribution is -0.138. The van der Waals surface area contributed by atoms with Crippen LogP contribution >= 0.6 is 0 Å². The molecule has 0 saturated carbocycles. The molecule has 0 radical (unpaired) electrons. The second kappa shape index (κ2) is 5.69. The highest BCUT2D eigenvalue weighted by Crippen LogP contribution is 2.20. The van der Waals surface area contributed by atoms with E-state index < -0.39 is 5.97 Å². The Kier molecular flexibility index (Phi) is 4.73. The van der Waals surface area contributed by atoms with Gasteiger partial charge in [-0.3, -0.25) is 14.5 Å². The minimum atomic E-state index is -0.850. The fraction of sp³-hybridized carbons (Fsp3) is 0.846. The Labute approximate surface area is 109 Å². The summed E-state index contributed by atoms with van der Waals surface area (Å²) in [7, 11) is 0. The molecule has 1 aliphatic heterocycles. The molecule has 1 amide bonds. The van der Waals surface area contributed by atoms with E-state index >= 15 is 0 Å². The van der Waals surface area contributed by atoms with E-state index in [-0.39, 0.29) is 23.9 Å². The molecule has 2 N–H and O–H groups in total. The molecule has 1 saturated heterocycles. The molecule has 18 heavy (non-hydrogen) atoms. The van der Waals surface area contributed by atoms with Crippen molar-refractivity contribution in [3.8, 4) is 0 Å². The average Bonchev–Trinajstić information content (AvgIpc) is 2.12. The number of aliphatic carboxylic acids is 1. The van der Waals surface area contributed by atoms with Gasteiger partial charge in [0.05, 0.1) is 6.04 Å². The molecule has 104 valence electrons. The summed E-state index contributed by atoms with van der Waals surface area (Å²) in [6.45, 7) is 9.78. The molecule has 1 aliphatic rings. The lowest BCUT2D eigenvalue weighted by Crippen LogP contribution is -2.65. The van der Waals surface area contributed by atoms with Crippen molar-refractivity contribution >= 4 is 11.9 Å². The normalized spacial score (nSPS) is 24.1. The number of hydrogen-bond donors (Lipinski definition) is 2. The van der Waals surface area contributed by atoms with E-state index in [1.54, 1.807) is 0 Å². The van der Waals surface area contributed by atoms with Gasteiger partial charge in [-0.05, 0) is 26.2 Å². The first-order chi connectivity index (χ1) is 8.21. The molecule has 1 atom stereocenters. The zero-order valence-electron chi connectivity index (χ0n) is 11.7. The molecule has 0 spiro atoms. The third-order valence-electron chi connectivity index (χ3n) is 3.03. The Hall–Kier alpha value is -1.10. The Morgan fingerprint density at radius 1 is 1.56 bits per heavy atom. The maximum Gasteiger partial charge on any atom is 0.303 e. The van der Waals surface area contributed by atoms with Gasteiger partial charge in [0.1, 0.15) is 0 Å². The topological polar surface area (TPSA) is 69.6 Å². The first-order valence-corrected chi connectivity index (χ1v) is 6.49. The number of amides is 1. The van der Waals surface area contributed by atoms with Crippen LogP contribution in [0, 0.1) is 5.92 Å². The van der Waals surface area contributed by atoms with Crippen molar-refractivity contribution in [1.82, 2.24) is 10.2 Å². The molecule has 0 bridgehead atoms.